The average molecular weight is 818 g/mol. The first-order valence-corrected chi connectivity index (χ1v) is 17.5. The third kappa shape index (κ3) is 8.56. The zero-order chi connectivity index (χ0) is 32.0. The molecule has 241 valence electrons. The van der Waals surface area contributed by atoms with Crippen LogP contribution in [0.15, 0.2) is 65.2 Å². The topological polar surface area (TPSA) is 63.1 Å². The van der Waals surface area contributed by atoms with Gasteiger partial charge in [-0.15, -0.1) is 51.8 Å². The molecule has 0 aliphatic rings. The maximum absolute atomic E-state index is 11.7. The van der Waals surface area contributed by atoms with Gasteiger partial charge < -0.3 is 5.11 Å². The Bertz CT molecular complexity index is 1750. The number of rotatable bonds is 9. The molecule has 3 aromatic heterocycles. The molecule has 0 unspecified atom stereocenters. The second-order valence-electron chi connectivity index (χ2n) is 12.4. The Morgan fingerprint density at radius 1 is 0.956 bits per heavy atom. The molecule has 0 saturated heterocycles. The Morgan fingerprint density at radius 3 is 2.22 bits per heavy atom. The van der Waals surface area contributed by atoms with E-state index in [2.05, 4.69) is 79.0 Å². The number of nitrogens with zero attached hydrogens (tertiary/aromatic N) is 2. The fraction of sp³-hybridized carbons (Fsp3) is 0.395. The molecule has 0 atom stereocenters. The normalized spacial score (nSPS) is 12.0. The van der Waals surface area contributed by atoms with Crippen LogP contribution in [-0.2, 0) is 30.3 Å². The van der Waals surface area contributed by atoms with Crippen LogP contribution in [0.3, 0.4) is 0 Å². The molecule has 0 aliphatic heterocycles. The minimum atomic E-state index is 0. The predicted octanol–water partition coefficient (Wildman–Crippen LogP) is 11.5. The van der Waals surface area contributed by atoms with Gasteiger partial charge in [0.15, 0.2) is 5.78 Å². The van der Waals surface area contributed by atoms with E-state index in [4.69, 9.17) is 4.98 Å². The molecular formula is C38H45IrN2O2S2-. The summed E-state index contributed by atoms with van der Waals surface area (Å²) in [5.41, 5.74) is 5.69. The number of fused-ring (bicyclic) bond motifs is 2. The summed E-state index contributed by atoms with van der Waals surface area (Å²) in [6.07, 6.45) is 6.82. The van der Waals surface area contributed by atoms with E-state index in [1.165, 1.54) is 32.7 Å². The van der Waals surface area contributed by atoms with E-state index in [0.717, 1.165) is 53.0 Å². The number of aliphatic hydroxyl groups is 1. The fourth-order valence-corrected chi connectivity index (χ4v) is 7.51. The monoisotopic (exact) mass is 818 g/mol. The standard InChI is InChI=1S/C25H21N2S2.C13H24O2.Ir/c1-15-13-29-24(27-15)20-14-28-23-19(20)9-10-26-22(23)17-11-16-7-5-6-8-18(16)21(12-17)25(2,3)4;1-5-10(6-2)12(14)9-13(15)11(7-3)8-4;/h5-10,12-14H,1-4H3;9-11,14H,5-8H2,1-4H3;/q-1;;/b;12-9-;. The summed E-state index contributed by atoms with van der Waals surface area (Å²) >= 11 is 3.44. The van der Waals surface area contributed by atoms with Crippen molar-refractivity contribution < 1.29 is 30.0 Å². The number of ketones is 1. The van der Waals surface area contributed by atoms with Gasteiger partial charge in [0.1, 0.15) is 5.01 Å². The molecule has 0 bridgehead atoms. The Balaban J connectivity index is 0.000000297. The van der Waals surface area contributed by atoms with Crippen LogP contribution in [0.25, 0.3) is 42.7 Å². The molecule has 1 radical (unpaired) electrons. The molecule has 0 amide bonds. The number of aryl methyl sites for hydroxylation is 1. The number of carbonyl (C=O) groups excluding carboxylic acids is 1. The van der Waals surface area contributed by atoms with Crippen LogP contribution >= 0.6 is 22.7 Å². The molecule has 45 heavy (non-hydrogen) atoms. The van der Waals surface area contributed by atoms with E-state index in [0.29, 0.717) is 0 Å². The zero-order valence-corrected chi connectivity index (χ0v) is 31.7. The summed E-state index contributed by atoms with van der Waals surface area (Å²) in [6.45, 7) is 16.9. The predicted molar refractivity (Wildman–Crippen MR) is 190 cm³/mol. The maximum Gasteiger partial charge on any atom is 0.162 e. The van der Waals surface area contributed by atoms with Crippen molar-refractivity contribution in [1.82, 2.24) is 9.97 Å². The van der Waals surface area contributed by atoms with Crippen LogP contribution in [0.2, 0.25) is 0 Å². The van der Waals surface area contributed by atoms with E-state index >= 15 is 0 Å². The number of hydrogen-bond donors (Lipinski definition) is 1. The Morgan fingerprint density at radius 2 is 1.62 bits per heavy atom. The van der Waals surface area contributed by atoms with E-state index in [-0.39, 0.29) is 48.9 Å². The molecule has 7 heteroatoms. The summed E-state index contributed by atoms with van der Waals surface area (Å²) in [6, 6.07) is 16.5. The van der Waals surface area contributed by atoms with Gasteiger partial charge in [0.25, 0.3) is 0 Å². The first-order chi connectivity index (χ1) is 21.0. The summed E-state index contributed by atoms with van der Waals surface area (Å²) in [5, 5.41) is 18.8. The van der Waals surface area contributed by atoms with E-state index < -0.39 is 0 Å². The number of thiophene rings is 1. The van der Waals surface area contributed by atoms with Crippen LogP contribution in [0.4, 0.5) is 0 Å². The molecule has 4 nitrogen and oxygen atoms in total. The first kappa shape index (κ1) is 36.8. The first-order valence-electron chi connectivity index (χ1n) is 15.7. The molecular weight excluding hydrogens is 773 g/mol. The number of carbonyl (C=O) groups is 1. The maximum atomic E-state index is 11.7. The molecule has 3 heterocycles. The van der Waals surface area contributed by atoms with Crippen molar-refractivity contribution >= 4 is 49.3 Å². The van der Waals surface area contributed by atoms with Crippen molar-refractivity contribution in [1.29, 1.82) is 0 Å². The van der Waals surface area contributed by atoms with Crippen LogP contribution in [0.1, 0.15) is 85.4 Å². The number of benzene rings is 2. The number of allylic oxidation sites excluding steroid dienone is 2. The van der Waals surface area contributed by atoms with E-state index in [1.54, 1.807) is 22.7 Å². The largest absolute Gasteiger partial charge is 0.512 e. The van der Waals surface area contributed by atoms with Crippen LogP contribution in [0.5, 0.6) is 0 Å². The SMILES string of the molecule is CCC(CC)C(=O)/C=C(\O)C(CC)CC.Cc1csc(-c2csc3c(-c4[c-]c5ccccc5c(C(C)(C)C)c4)nccc23)n1.[Ir]. The average Bonchev–Trinajstić information content (AvgIpc) is 3.63. The third-order valence-electron chi connectivity index (χ3n) is 8.26. The number of pyridine rings is 1. The second-order valence-corrected chi connectivity index (χ2v) is 14.1. The fourth-order valence-electron chi connectivity index (χ4n) is 5.55. The molecule has 1 N–H and O–H groups in total. The van der Waals surface area contributed by atoms with Crippen molar-refractivity contribution in [2.45, 2.75) is 86.5 Å². The van der Waals surface area contributed by atoms with Gasteiger partial charge in [-0.05, 0) is 49.5 Å². The van der Waals surface area contributed by atoms with Crippen molar-refractivity contribution in [3.8, 4) is 21.8 Å². The van der Waals surface area contributed by atoms with Gasteiger partial charge in [-0.25, -0.2) is 4.98 Å². The van der Waals surface area contributed by atoms with E-state index in [9.17, 15) is 9.90 Å². The molecule has 0 aliphatic carbocycles. The van der Waals surface area contributed by atoms with Crippen LogP contribution in [0, 0.1) is 24.8 Å². The number of aromatic nitrogens is 2. The minimum absolute atomic E-state index is 0. The van der Waals surface area contributed by atoms with Crippen LogP contribution in [-0.4, -0.2) is 20.9 Å². The molecule has 0 spiro atoms. The van der Waals surface area contributed by atoms with Gasteiger partial charge in [-0.2, -0.15) is 0 Å². The van der Waals surface area contributed by atoms with Crippen molar-refractivity contribution in [3.05, 3.63) is 82.5 Å². The summed E-state index contributed by atoms with van der Waals surface area (Å²) in [4.78, 5) is 21.2. The third-order valence-corrected chi connectivity index (χ3v) is 10.3. The van der Waals surface area contributed by atoms with Crippen molar-refractivity contribution in [2.24, 2.45) is 11.8 Å². The van der Waals surface area contributed by atoms with Gasteiger partial charge >= 0.3 is 0 Å². The number of thiazole rings is 1. The van der Waals surface area contributed by atoms with Crippen LogP contribution < -0.4 is 0 Å². The molecule has 2 aromatic carbocycles. The van der Waals surface area contributed by atoms with Crippen molar-refractivity contribution in [2.75, 3.05) is 0 Å². The quantitative estimate of drug-likeness (QED) is 0.0914. The summed E-state index contributed by atoms with van der Waals surface area (Å²) in [7, 11) is 0. The van der Waals surface area contributed by atoms with E-state index in [1.807, 2.05) is 40.8 Å². The molecule has 5 aromatic rings. The van der Waals surface area contributed by atoms with Gasteiger partial charge in [-0.1, -0.05) is 77.6 Å². The van der Waals surface area contributed by atoms with Gasteiger partial charge in [0, 0.05) is 76.6 Å². The minimum Gasteiger partial charge on any atom is -0.512 e. The second kappa shape index (κ2) is 16.2. The van der Waals surface area contributed by atoms with Crippen molar-refractivity contribution in [3.63, 3.8) is 0 Å². The Hall–Kier alpha value is -2.70. The number of hydrogen-bond acceptors (Lipinski definition) is 6. The van der Waals surface area contributed by atoms with Gasteiger partial charge in [0.05, 0.1) is 5.76 Å². The van der Waals surface area contributed by atoms with Gasteiger partial charge in [-0.3, -0.25) is 9.78 Å². The Labute approximate surface area is 290 Å². The Kier molecular flexibility index (Phi) is 13.3. The molecule has 5 rings (SSSR count). The zero-order valence-electron chi connectivity index (χ0n) is 27.7. The number of aliphatic hydroxyl groups excluding tert-OH is 1. The van der Waals surface area contributed by atoms with Gasteiger partial charge in [0.2, 0.25) is 0 Å². The molecule has 0 saturated carbocycles. The molecule has 0 fully saturated rings. The summed E-state index contributed by atoms with van der Waals surface area (Å²) in [5.74, 6) is 0.547. The summed E-state index contributed by atoms with van der Waals surface area (Å²) < 4.78 is 1.20. The smallest absolute Gasteiger partial charge is 0.162 e.